The van der Waals surface area contributed by atoms with Crippen molar-refractivity contribution in [3.8, 4) is 0 Å². The van der Waals surface area contributed by atoms with Crippen molar-refractivity contribution in [1.82, 2.24) is 15.6 Å². The second-order valence-electron chi connectivity index (χ2n) is 6.70. The molecule has 1 aliphatic carbocycles. The molecule has 6 heteroatoms. The van der Waals surface area contributed by atoms with E-state index in [-0.39, 0.29) is 5.91 Å². The van der Waals surface area contributed by atoms with Gasteiger partial charge in [0.1, 0.15) is 12.0 Å². The predicted octanol–water partition coefficient (Wildman–Crippen LogP) is 0.783. The van der Waals surface area contributed by atoms with E-state index in [0.717, 1.165) is 26.9 Å². The van der Waals surface area contributed by atoms with Crippen LogP contribution in [0.5, 0.6) is 0 Å². The summed E-state index contributed by atoms with van der Waals surface area (Å²) in [6, 6.07) is 7.73. The predicted molar refractivity (Wildman–Crippen MR) is 99.0 cm³/mol. The number of nitrogen functional groups attached to an aromatic ring is 1. The summed E-state index contributed by atoms with van der Waals surface area (Å²) < 4.78 is 13.0. The average molecular weight is 350 g/mol. The van der Waals surface area contributed by atoms with E-state index in [9.17, 15) is 9.18 Å². The Kier molecular flexibility index (Phi) is 3.76. The minimum absolute atomic E-state index is 0.297. The van der Waals surface area contributed by atoms with Crippen LogP contribution in [0.25, 0.3) is 18.9 Å². The summed E-state index contributed by atoms with van der Waals surface area (Å²) in [7, 11) is 0. The van der Waals surface area contributed by atoms with Gasteiger partial charge in [-0.3, -0.25) is 9.78 Å². The van der Waals surface area contributed by atoms with Crippen molar-refractivity contribution in [2.24, 2.45) is 5.92 Å². The monoisotopic (exact) mass is 350 g/mol. The van der Waals surface area contributed by atoms with Crippen molar-refractivity contribution in [3.05, 3.63) is 62.3 Å². The third-order valence-electron chi connectivity index (χ3n) is 4.68. The number of hydrogen-bond donors (Lipinski definition) is 3. The molecule has 2 aliphatic rings. The highest BCUT2D eigenvalue weighted by Gasteiger charge is 2.43. The first kappa shape index (κ1) is 16.3. The van der Waals surface area contributed by atoms with Gasteiger partial charge in [0.15, 0.2) is 0 Å². The van der Waals surface area contributed by atoms with Crippen molar-refractivity contribution in [2.45, 2.75) is 19.5 Å². The van der Waals surface area contributed by atoms with E-state index in [2.05, 4.69) is 22.2 Å². The molecule has 1 aromatic heterocycles. The lowest BCUT2D eigenvalue weighted by Crippen LogP contribution is -2.34. The Balaban J connectivity index is 1.80. The number of pyridine rings is 1. The van der Waals surface area contributed by atoms with E-state index in [4.69, 9.17) is 5.73 Å². The van der Waals surface area contributed by atoms with Gasteiger partial charge in [0, 0.05) is 28.0 Å². The number of rotatable bonds is 2. The molecule has 26 heavy (non-hydrogen) atoms. The van der Waals surface area contributed by atoms with Crippen LogP contribution in [0, 0.1) is 23.3 Å². The van der Waals surface area contributed by atoms with Gasteiger partial charge in [-0.15, -0.1) is 0 Å². The first-order valence-corrected chi connectivity index (χ1v) is 8.42. The summed E-state index contributed by atoms with van der Waals surface area (Å²) in [5.74, 6) is -0.324. The van der Waals surface area contributed by atoms with Crippen molar-refractivity contribution in [1.29, 1.82) is 0 Å². The van der Waals surface area contributed by atoms with Gasteiger partial charge in [0.25, 0.3) is 0 Å². The van der Waals surface area contributed by atoms with E-state index in [0.29, 0.717) is 23.3 Å². The topological polar surface area (TPSA) is 80.0 Å². The molecule has 2 atom stereocenters. The van der Waals surface area contributed by atoms with Crippen molar-refractivity contribution < 1.29 is 9.18 Å². The minimum Gasteiger partial charge on any atom is -0.398 e. The lowest BCUT2D eigenvalue weighted by atomic mass is 10.1. The van der Waals surface area contributed by atoms with Gasteiger partial charge >= 0.3 is 0 Å². The Morgan fingerprint density at radius 3 is 2.88 bits per heavy atom. The van der Waals surface area contributed by atoms with Crippen LogP contribution in [0.15, 0.2) is 30.1 Å². The molecule has 2 aromatic rings. The number of nitrogens with two attached hydrogens (primary N) is 1. The van der Waals surface area contributed by atoms with Gasteiger partial charge in [0.05, 0.1) is 11.3 Å². The molecule has 0 bridgehead atoms. The van der Waals surface area contributed by atoms with E-state index in [1.165, 1.54) is 0 Å². The van der Waals surface area contributed by atoms with Crippen molar-refractivity contribution >= 4 is 30.4 Å². The summed E-state index contributed by atoms with van der Waals surface area (Å²) in [6.07, 6.45) is 2.82. The Morgan fingerprint density at radius 2 is 2.19 bits per heavy atom. The maximum absolute atomic E-state index is 13.0. The van der Waals surface area contributed by atoms with Gasteiger partial charge in [-0.2, -0.15) is 0 Å². The van der Waals surface area contributed by atoms with Gasteiger partial charge in [-0.25, -0.2) is 4.39 Å². The van der Waals surface area contributed by atoms with Crippen LogP contribution < -0.4 is 26.9 Å². The molecule has 2 heterocycles. The zero-order chi connectivity index (χ0) is 18.4. The summed E-state index contributed by atoms with van der Waals surface area (Å²) in [4.78, 5) is 16.3. The fraction of sp³-hybridized carbons (Fsp3) is 0.200. The number of aromatic nitrogens is 1. The molecule has 4 N–H and O–H groups in total. The van der Waals surface area contributed by atoms with E-state index >= 15 is 0 Å². The fourth-order valence-corrected chi connectivity index (χ4v) is 3.14. The smallest absolute Gasteiger partial charge is 0.231 e. The third-order valence-corrected chi connectivity index (χ3v) is 4.68. The van der Waals surface area contributed by atoms with Gasteiger partial charge < -0.3 is 16.4 Å². The summed E-state index contributed by atoms with van der Waals surface area (Å²) in [5.41, 5.74) is 8.58. The largest absolute Gasteiger partial charge is 0.398 e. The van der Waals surface area contributed by atoms with Crippen LogP contribution >= 0.6 is 0 Å². The number of carbonyl (C=O) groups excluding carboxylic acids is 1. The van der Waals surface area contributed by atoms with Crippen LogP contribution in [0.3, 0.4) is 0 Å². The lowest BCUT2D eigenvalue weighted by Gasteiger charge is -2.15. The van der Waals surface area contributed by atoms with Gasteiger partial charge in [-0.1, -0.05) is 12.6 Å². The van der Waals surface area contributed by atoms with Gasteiger partial charge in [-0.05, 0) is 48.4 Å². The molecule has 0 spiro atoms. The number of anilines is 1. The molecule has 0 radical (unpaired) electrons. The minimum atomic E-state index is -1.02. The number of aryl methyl sites for hydroxylation is 1. The second-order valence-corrected chi connectivity index (χ2v) is 6.70. The van der Waals surface area contributed by atoms with Gasteiger partial charge in [0.2, 0.25) is 5.91 Å². The summed E-state index contributed by atoms with van der Waals surface area (Å²) >= 11 is 0. The highest BCUT2D eigenvalue weighted by molar-refractivity contribution is 5.85. The highest BCUT2D eigenvalue weighted by Crippen LogP contribution is 2.33. The number of alkyl halides is 1. The molecule has 4 rings (SSSR count). The first-order valence-electron chi connectivity index (χ1n) is 8.42. The Hall–Kier alpha value is -3.15. The summed E-state index contributed by atoms with van der Waals surface area (Å²) in [6.45, 7) is 5.77. The molecule has 132 valence electrons. The SMILES string of the molecule is C=c1ccc(=c2cc(N)c3c(c2)C=C(NC(=O)[C@@H]2C[C@H]2F)NC=3)c(C)n1. The number of hydrogen-bond acceptors (Lipinski definition) is 4. The quantitative estimate of drug-likeness (QED) is 0.700. The number of carbonyl (C=O) groups is 1. The van der Waals surface area contributed by atoms with Crippen LogP contribution in [0.2, 0.25) is 0 Å². The fourth-order valence-electron chi connectivity index (χ4n) is 3.14. The molecule has 0 saturated heterocycles. The zero-order valence-corrected chi connectivity index (χ0v) is 14.3. The number of nitrogens with zero attached hydrogens (tertiary/aromatic N) is 1. The molecule has 0 unspecified atom stereocenters. The Labute approximate surface area is 149 Å². The maximum atomic E-state index is 13.0. The van der Waals surface area contributed by atoms with Crippen LogP contribution in [0.4, 0.5) is 10.1 Å². The van der Waals surface area contributed by atoms with Crippen molar-refractivity contribution in [2.75, 3.05) is 5.73 Å². The molecular weight excluding hydrogens is 331 g/mol. The maximum Gasteiger partial charge on any atom is 0.231 e. The van der Waals surface area contributed by atoms with Crippen LogP contribution in [-0.2, 0) is 4.79 Å². The standard InChI is InChI=1S/C20H19FN4O/c1-10-3-4-14(11(2)24-10)12-5-13-7-19(23-9-16(13)18(22)6-12)25-20(26)15-8-17(15)21/h3-7,9,15,17,23H,1,8,22H2,2H3,(H,25,26)/t15-,17-/m1/s1. The number of halogens is 1. The van der Waals surface area contributed by atoms with E-state index in [1.807, 2.05) is 31.2 Å². The number of benzene rings is 1. The lowest BCUT2D eigenvalue weighted by molar-refractivity contribution is -0.122. The normalized spacial score (nSPS) is 21.7. The molecule has 1 amide bonds. The average Bonchev–Trinajstić information content (AvgIpc) is 3.31. The molecule has 5 nitrogen and oxygen atoms in total. The van der Waals surface area contributed by atoms with Crippen LogP contribution in [0.1, 0.15) is 17.7 Å². The third kappa shape index (κ3) is 2.94. The molecular formula is C20H19FN4O. The Bertz CT molecular complexity index is 1160. The number of nitrogens with one attached hydrogen (secondary N) is 2. The second kappa shape index (κ2) is 5.98. The molecule has 1 fully saturated rings. The zero-order valence-electron chi connectivity index (χ0n) is 14.3. The van der Waals surface area contributed by atoms with Crippen molar-refractivity contribution in [3.63, 3.8) is 0 Å². The highest BCUT2D eigenvalue weighted by atomic mass is 19.1. The number of fused-ring (bicyclic) bond motifs is 1. The molecule has 1 saturated carbocycles. The molecule has 1 aliphatic heterocycles. The first-order chi connectivity index (χ1) is 12.4. The summed E-state index contributed by atoms with van der Waals surface area (Å²) in [5, 5.41) is 9.21. The van der Waals surface area contributed by atoms with E-state index < -0.39 is 12.1 Å². The molecule has 1 aromatic carbocycles. The number of amides is 1. The van der Waals surface area contributed by atoms with Crippen LogP contribution in [-0.4, -0.2) is 17.1 Å². The Morgan fingerprint density at radius 1 is 1.42 bits per heavy atom. The van der Waals surface area contributed by atoms with E-state index in [1.54, 1.807) is 12.3 Å².